The lowest BCUT2D eigenvalue weighted by atomic mass is 10.1. The third kappa shape index (κ3) is 6.76. The molecule has 1 heterocycles. The zero-order chi connectivity index (χ0) is 14.5. The zero-order valence-corrected chi connectivity index (χ0v) is 13.2. The standard InChI is InChI=1S/C14H24ClN3O/c1-14(2,3)17-9-11-8-13(16-10-12(11)15)19-7-6-18(4)5/h8,10,17H,6-7,9H2,1-5H3. The summed E-state index contributed by atoms with van der Waals surface area (Å²) in [6, 6.07) is 1.90. The van der Waals surface area contributed by atoms with Crippen LogP contribution in [0.4, 0.5) is 0 Å². The molecule has 108 valence electrons. The van der Waals surface area contributed by atoms with Crippen LogP contribution in [0.3, 0.4) is 0 Å². The van der Waals surface area contributed by atoms with Gasteiger partial charge < -0.3 is 15.0 Å². The normalized spacial score (nSPS) is 11.9. The van der Waals surface area contributed by atoms with Crippen LogP contribution in [-0.2, 0) is 6.54 Å². The Labute approximate surface area is 121 Å². The summed E-state index contributed by atoms with van der Waals surface area (Å²) >= 11 is 6.14. The molecule has 1 aromatic heterocycles. The third-order valence-electron chi connectivity index (χ3n) is 2.51. The number of likely N-dealkylation sites (N-methyl/N-ethyl adjacent to an activating group) is 1. The van der Waals surface area contributed by atoms with Crippen LogP contribution in [0.25, 0.3) is 0 Å². The molecule has 19 heavy (non-hydrogen) atoms. The van der Waals surface area contributed by atoms with Crippen LogP contribution in [0.15, 0.2) is 12.3 Å². The number of nitrogens with zero attached hydrogens (tertiary/aromatic N) is 2. The number of ether oxygens (including phenoxy) is 1. The minimum absolute atomic E-state index is 0.0541. The molecule has 0 fully saturated rings. The summed E-state index contributed by atoms with van der Waals surface area (Å²) in [5.74, 6) is 0.622. The van der Waals surface area contributed by atoms with E-state index in [0.717, 1.165) is 12.1 Å². The average Bonchev–Trinajstić information content (AvgIpc) is 2.28. The van der Waals surface area contributed by atoms with Crippen molar-refractivity contribution in [1.82, 2.24) is 15.2 Å². The SMILES string of the molecule is CN(C)CCOc1cc(CNC(C)(C)C)c(Cl)cn1. The predicted octanol–water partition coefficient (Wildman–Crippen LogP) is 2.56. The molecule has 0 radical (unpaired) electrons. The zero-order valence-electron chi connectivity index (χ0n) is 12.5. The minimum Gasteiger partial charge on any atom is -0.476 e. The van der Waals surface area contributed by atoms with Crippen LogP contribution in [0, 0.1) is 0 Å². The van der Waals surface area contributed by atoms with E-state index in [2.05, 4.69) is 36.0 Å². The lowest BCUT2D eigenvalue weighted by Crippen LogP contribution is -2.35. The van der Waals surface area contributed by atoms with Gasteiger partial charge in [0, 0.05) is 30.9 Å². The van der Waals surface area contributed by atoms with E-state index < -0.39 is 0 Å². The van der Waals surface area contributed by atoms with E-state index in [4.69, 9.17) is 16.3 Å². The average molecular weight is 286 g/mol. The fourth-order valence-electron chi connectivity index (χ4n) is 1.37. The first-order chi connectivity index (χ1) is 8.78. The third-order valence-corrected chi connectivity index (χ3v) is 2.85. The van der Waals surface area contributed by atoms with Crippen LogP contribution in [0.5, 0.6) is 5.88 Å². The summed E-state index contributed by atoms with van der Waals surface area (Å²) in [5.41, 5.74) is 1.06. The Balaban J connectivity index is 2.61. The predicted molar refractivity (Wildman–Crippen MR) is 79.9 cm³/mol. The summed E-state index contributed by atoms with van der Waals surface area (Å²) in [7, 11) is 4.02. The molecule has 5 heteroatoms. The quantitative estimate of drug-likeness (QED) is 0.872. The van der Waals surface area contributed by atoms with Gasteiger partial charge in [-0.1, -0.05) is 11.6 Å². The van der Waals surface area contributed by atoms with Gasteiger partial charge in [-0.2, -0.15) is 0 Å². The van der Waals surface area contributed by atoms with Gasteiger partial charge in [0.2, 0.25) is 5.88 Å². The smallest absolute Gasteiger partial charge is 0.213 e. The second-order valence-electron chi connectivity index (χ2n) is 5.87. The molecule has 0 aliphatic heterocycles. The van der Waals surface area contributed by atoms with Crippen molar-refractivity contribution in [1.29, 1.82) is 0 Å². The molecule has 1 N–H and O–H groups in total. The van der Waals surface area contributed by atoms with Gasteiger partial charge in [-0.3, -0.25) is 0 Å². The molecule has 0 spiro atoms. The van der Waals surface area contributed by atoms with E-state index in [1.54, 1.807) is 6.20 Å². The Hall–Kier alpha value is -0.840. The van der Waals surface area contributed by atoms with Gasteiger partial charge in [0.05, 0.1) is 5.02 Å². The lowest BCUT2D eigenvalue weighted by Gasteiger charge is -2.21. The van der Waals surface area contributed by atoms with Gasteiger partial charge in [0.15, 0.2) is 0 Å². The van der Waals surface area contributed by atoms with E-state index in [1.807, 2.05) is 20.2 Å². The molecule has 0 bridgehead atoms. The Morgan fingerprint density at radius 1 is 1.37 bits per heavy atom. The Kier molecular flexibility index (Phi) is 6.04. The highest BCUT2D eigenvalue weighted by Gasteiger charge is 2.11. The highest BCUT2D eigenvalue weighted by Crippen LogP contribution is 2.20. The maximum atomic E-state index is 6.14. The van der Waals surface area contributed by atoms with E-state index in [9.17, 15) is 0 Å². The first-order valence-electron chi connectivity index (χ1n) is 6.45. The van der Waals surface area contributed by atoms with Crippen LogP contribution >= 0.6 is 11.6 Å². The summed E-state index contributed by atoms with van der Waals surface area (Å²) in [6.45, 7) is 8.55. The second kappa shape index (κ2) is 7.08. The monoisotopic (exact) mass is 285 g/mol. The van der Waals surface area contributed by atoms with Crippen LogP contribution < -0.4 is 10.1 Å². The molecule has 4 nitrogen and oxygen atoms in total. The van der Waals surface area contributed by atoms with E-state index >= 15 is 0 Å². The second-order valence-corrected chi connectivity index (χ2v) is 6.28. The number of nitrogens with one attached hydrogen (secondary N) is 1. The van der Waals surface area contributed by atoms with Crippen molar-refractivity contribution < 1.29 is 4.74 Å². The number of hydrogen-bond donors (Lipinski definition) is 1. The van der Waals surface area contributed by atoms with Crippen molar-refractivity contribution in [2.45, 2.75) is 32.9 Å². The Morgan fingerprint density at radius 2 is 2.05 bits per heavy atom. The van der Waals surface area contributed by atoms with Crippen molar-refractivity contribution >= 4 is 11.6 Å². The largest absolute Gasteiger partial charge is 0.476 e. The van der Waals surface area contributed by atoms with E-state index in [0.29, 0.717) is 24.1 Å². The molecular weight excluding hydrogens is 262 g/mol. The fourth-order valence-corrected chi connectivity index (χ4v) is 1.54. The van der Waals surface area contributed by atoms with Crippen molar-refractivity contribution in [2.75, 3.05) is 27.2 Å². The number of aromatic nitrogens is 1. The number of pyridine rings is 1. The van der Waals surface area contributed by atoms with Gasteiger partial charge in [0.1, 0.15) is 6.61 Å². The van der Waals surface area contributed by atoms with Crippen molar-refractivity contribution in [3.05, 3.63) is 22.8 Å². The van der Waals surface area contributed by atoms with Crippen LogP contribution in [-0.4, -0.2) is 42.7 Å². The first-order valence-corrected chi connectivity index (χ1v) is 6.83. The highest BCUT2D eigenvalue weighted by atomic mass is 35.5. The van der Waals surface area contributed by atoms with Gasteiger partial charge in [-0.15, -0.1) is 0 Å². The van der Waals surface area contributed by atoms with E-state index in [-0.39, 0.29) is 5.54 Å². The minimum atomic E-state index is 0.0541. The molecule has 1 aromatic rings. The number of halogens is 1. The Bertz CT molecular complexity index is 402. The first kappa shape index (κ1) is 16.2. The highest BCUT2D eigenvalue weighted by molar-refractivity contribution is 6.31. The molecule has 0 aliphatic rings. The molecule has 1 rings (SSSR count). The summed E-state index contributed by atoms with van der Waals surface area (Å²) < 4.78 is 5.61. The van der Waals surface area contributed by atoms with Crippen molar-refractivity contribution in [2.24, 2.45) is 0 Å². The number of rotatable bonds is 6. The fraction of sp³-hybridized carbons (Fsp3) is 0.643. The van der Waals surface area contributed by atoms with Gasteiger partial charge >= 0.3 is 0 Å². The molecule has 0 saturated carbocycles. The summed E-state index contributed by atoms with van der Waals surface area (Å²) in [6.07, 6.45) is 1.65. The molecule has 0 unspecified atom stereocenters. The molecule has 0 amide bonds. The lowest BCUT2D eigenvalue weighted by molar-refractivity contribution is 0.253. The Morgan fingerprint density at radius 3 is 2.63 bits per heavy atom. The maximum Gasteiger partial charge on any atom is 0.213 e. The summed E-state index contributed by atoms with van der Waals surface area (Å²) in [4.78, 5) is 6.25. The van der Waals surface area contributed by atoms with Crippen molar-refractivity contribution in [3.8, 4) is 5.88 Å². The molecule has 0 aromatic carbocycles. The van der Waals surface area contributed by atoms with Crippen molar-refractivity contribution in [3.63, 3.8) is 0 Å². The maximum absolute atomic E-state index is 6.14. The van der Waals surface area contributed by atoms with Gasteiger partial charge in [-0.05, 0) is 40.4 Å². The topological polar surface area (TPSA) is 37.4 Å². The van der Waals surface area contributed by atoms with Gasteiger partial charge in [0.25, 0.3) is 0 Å². The van der Waals surface area contributed by atoms with E-state index in [1.165, 1.54) is 0 Å². The molecular formula is C14H24ClN3O. The molecule has 0 atom stereocenters. The molecule has 0 saturated heterocycles. The molecule has 0 aliphatic carbocycles. The summed E-state index contributed by atoms with van der Waals surface area (Å²) in [5, 5.41) is 4.07. The number of hydrogen-bond acceptors (Lipinski definition) is 4. The van der Waals surface area contributed by atoms with Crippen LogP contribution in [0.2, 0.25) is 5.02 Å². The van der Waals surface area contributed by atoms with Gasteiger partial charge in [-0.25, -0.2) is 4.98 Å². The van der Waals surface area contributed by atoms with Crippen LogP contribution in [0.1, 0.15) is 26.3 Å².